The average molecular weight is 355 g/mol. The van der Waals surface area contributed by atoms with E-state index >= 15 is 0 Å². The molecule has 6 nitrogen and oxygen atoms in total. The number of fused-ring (bicyclic) bond motifs is 1. The highest BCUT2D eigenvalue weighted by Gasteiger charge is 2.43. The second-order valence-corrected chi connectivity index (χ2v) is 6.86. The number of para-hydroxylation sites is 2. The van der Waals surface area contributed by atoms with Crippen LogP contribution in [0.4, 0.5) is 4.79 Å². The number of hydrogen-bond donors (Lipinski definition) is 1. The van der Waals surface area contributed by atoms with Crippen molar-refractivity contribution in [2.45, 2.75) is 38.2 Å². The molecule has 2 atom stereocenters. The highest BCUT2D eigenvalue weighted by molar-refractivity contribution is 5.71. The van der Waals surface area contributed by atoms with Crippen molar-refractivity contribution in [3.05, 3.63) is 54.1 Å². The number of nitrogens with zero attached hydrogens (tertiary/aromatic N) is 1. The second-order valence-electron chi connectivity index (χ2n) is 6.86. The van der Waals surface area contributed by atoms with Gasteiger partial charge < -0.3 is 24.2 Å². The van der Waals surface area contributed by atoms with Crippen molar-refractivity contribution in [1.82, 2.24) is 4.90 Å². The number of cyclic esters (lactones) is 1. The fourth-order valence-electron chi connectivity index (χ4n) is 3.44. The molecule has 2 aromatic rings. The predicted molar refractivity (Wildman–Crippen MR) is 94.2 cm³/mol. The Labute approximate surface area is 151 Å². The average Bonchev–Trinajstić information content (AvgIpc) is 3.10. The maximum atomic E-state index is 12.3. The summed E-state index contributed by atoms with van der Waals surface area (Å²) in [6, 6.07) is 14.1. The summed E-state index contributed by atoms with van der Waals surface area (Å²) in [5.41, 5.74) is 0.859. The van der Waals surface area contributed by atoms with E-state index < -0.39 is 5.79 Å². The maximum Gasteiger partial charge on any atom is 0.410 e. The van der Waals surface area contributed by atoms with E-state index in [1.165, 1.54) is 0 Å². The summed E-state index contributed by atoms with van der Waals surface area (Å²) >= 11 is 0. The van der Waals surface area contributed by atoms with Gasteiger partial charge in [0.05, 0.1) is 6.04 Å². The number of amides is 1. The largest absolute Gasteiger partial charge is 0.508 e. The number of carbonyl (C=O) groups excluding carboxylic acids is 1. The van der Waals surface area contributed by atoms with Crippen LogP contribution in [0.15, 0.2) is 48.5 Å². The van der Waals surface area contributed by atoms with Crippen LogP contribution in [0.1, 0.15) is 31.9 Å². The summed E-state index contributed by atoms with van der Waals surface area (Å²) in [6.45, 7) is 4.28. The van der Waals surface area contributed by atoms with Crippen molar-refractivity contribution in [3.8, 4) is 17.2 Å². The van der Waals surface area contributed by atoms with Gasteiger partial charge in [-0.15, -0.1) is 0 Å². The predicted octanol–water partition coefficient (Wildman–Crippen LogP) is 3.85. The van der Waals surface area contributed by atoms with E-state index in [4.69, 9.17) is 14.2 Å². The molecular formula is C20H21NO5. The molecule has 4 rings (SSSR count). The monoisotopic (exact) mass is 355 g/mol. The summed E-state index contributed by atoms with van der Waals surface area (Å²) in [4.78, 5) is 14.0. The number of aromatic hydroxyl groups is 1. The molecule has 2 unspecified atom stereocenters. The Morgan fingerprint density at radius 1 is 1.08 bits per heavy atom. The molecule has 2 aliphatic heterocycles. The van der Waals surface area contributed by atoms with Crippen molar-refractivity contribution in [1.29, 1.82) is 0 Å². The topological polar surface area (TPSA) is 68.2 Å². The number of ether oxygens (including phenoxy) is 3. The smallest absolute Gasteiger partial charge is 0.410 e. The van der Waals surface area contributed by atoms with E-state index in [9.17, 15) is 9.90 Å². The number of benzene rings is 2. The van der Waals surface area contributed by atoms with Gasteiger partial charge in [-0.25, -0.2) is 4.79 Å². The standard InChI is InChI=1S/C20H21NO5/c1-13-18(14-7-9-15(22)10-8-14)24-19(23)21(13)12-11-20(2)25-16-5-3-4-6-17(16)26-20/h3-10,13,18,22H,11-12H2,1-2H3. The molecule has 0 saturated carbocycles. The van der Waals surface area contributed by atoms with Gasteiger partial charge in [0.15, 0.2) is 11.5 Å². The minimum absolute atomic E-state index is 0.126. The lowest BCUT2D eigenvalue weighted by molar-refractivity contribution is -0.0718. The molecule has 0 bridgehead atoms. The third-order valence-electron chi connectivity index (χ3n) is 4.92. The van der Waals surface area contributed by atoms with Gasteiger partial charge in [0, 0.05) is 19.9 Å². The molecule has 0 spiro atoms. The molecule has 1 saturated heterocycles. The number of phenolic OH excluding ortho intramolecular Hbond substituents is 1. The Morgan fingerprint density at radius 2 is 1.69 bits per heavy atom. The highest BCUT2D eigenvalue weighted by Crippen LogP contribution is 2.41. The van der Waals surface area contributed by atoms with E-state index in [1.54, 1.807) is 29.2 Å². The Balaban J connectivity index is 1.42. The third kappa shape index (κ3) is 2.92. The lowest BCUT2D eigenvalue weighted by Gasteiger charge is -2.27. The van der Waals surface area contributed by atoms with E-state index in [1.807, 2.05) is 38.1 Å². The minimum atomic E-state index is -0.805. The molecule has 0 aromatic heterocycles. The van der Waals surface area contributed by atoms with Gasteiger partial charge in [0.1, 0.15) is 11.9 Å². The van der Waals surface area contributed by atoms with Crippen molar-refractivity contribution in [2.24, 2.45) is 0 Å². The van der Waals surface area contributed by atoms with Gasteiger partial charge in [-0.3, -0.25) is 0 Å². The Kier molecular flexibility index (Phi) is 3.90. The minimum Gasteiger partial charge on any atom is -0.508 e. The zero-order valence-corrected chi connectivity index (χ0v) is 14.7. The molecule has 136 valence electrons. The number of hydrogen-bond acceptors (Lipinski definition) is 5. The summed E-state index contributed by atoms with van der Waals surface area (Å²) in [5.74, 6) is 0.814. The summed E-state index contributed by atoms with van der Waals surface area (Å²) < 4.78 is 17.4. The first-order valence-corrected chi connectivity index (χ1v) is 8.68. The maximum absolute atomic E-state index is 12.3. The molecule has 1 N–H and O–H groups in total. The van der Waals surface area contributed by atoms with E-state index in [-0.39, 0.29) is 24.0 Å². The van der Waals surface area contributed by atoms with Crippen molar-refractivity contribution < 1.29 is 24.1 Å². The quantitative estimate of drug-likeness (QED) is 0.902. The molecule has 0 aliphatic carbocycles. The lowest BCUT2D eigenvalue weighted by Crippen LogP contribution is -2.41. The molecule has 2 heterocycles. The fraction of sp³-hybridized carbons (Fsp3) is 0.350. The molecule has 26 heavy (non-hydrogen) atoms. The Hall–Kier alpha value is -2.89. The molecular weight excluding hydrogens is 334 g/mol. The van der Waals surface area contributed by atoms with Gasteiger partial charge in [-0.2, -0.15) is 0 Å². The molecule has 2 aliphatic rings. The Bertz CT molecular complexity index is 794. The third-order valence-corrected chi connectivity index (χ3v) is 4.92. The van der Waals surface area contributed by atoms with Crippen LogP contribution in [0.3, 0.4) is 0 Å². The van der Waals surface area contributed by atoms with Crippen LogP contribution in [0.5, 0.6) is 17.2 Å². The first-order chi connectivity index (χ1) is 12.5. The van der Waals surface area contributed by atoms with Gasteiger partial charge in [0.2, 0.25) is 0 Å². The molecule has 2 aromatic carbocycles. The van der Waals surface area contributed by atoms with E-state index in [0.717, 1.165) is 5.56 Å². The van der Waals surface area contributed by atoms with Gasteiger partial charge in [-0.1, -0.05) is 24.3 Å². The molecule has 1 fully saturated rings. The lowest BCUT2D eigenvalue weighted by atomic mass is 10.0. The van der Waals surface area contributed by atoms with Crippen LogP contribution in [0, 0.1) is 0 Å². The number of rotatable bonds is 4. The fourth-order valence-corrected chi connectivity index (χ4v) is 3.44. The normalized spacial score (nSPS) is 23.2. The molecule has 1 amide bonds. The molecule has 0 radical (unpaired) electrons. The zero-order valence-electron chi connectivity index (χ0n) is 14.7. The summed E-state index contributed by atoms with van der Waals surface area (Å²) in [7, 11) is 0. The highest BCUT2D eigenvalue weighted by atomic mass is 16.7. The van der Waals surface area contributed by atoms with Gasteiger partial charge in [-0.05, 0) is 36.8 Å². The van der Waals surface area contributed by atoms with Crippen LogP contribution in [-0.2, 0) is 4.74 Å². The van der Waals surface area contributed by atoms with Gasteiger partial charge in [0.25, 0.3) is 5.79 Å². The van der Waals surface area contributed by atoms with Crippen LogP contribution < -0.4 is 9.47 Å². The van der Waals surface area contributed by atoms with Crippen molar-refractivity contribution in [3.63, 3.8) is 0 Å². The first kappa shape index (κ1) is 16.6. The van der Waals surface area contributed by atoms with Crippen LogP contribution >= 0.6 is 0 Å². The van der Waals surface area contributed by atoms with E-state index in [0.29, 0.717) is 24.5 Å². The zero-order chi connectivity index (χ0) is 18.3. The Morgan fingerprint density at radius 3 is 2.31 bits per heavy atom. The van der Waals surface area contributed by atoms with Crippen LogP contribution in [-0.4, -0.2) is 34.5 Å². The van der Waals surface area contributed by atoms with E-state index in [2.05, 4.69) is 0 Å². The molecule has 6 heteroatoms. The second kappa shape index (κ2) is 6.12. The number of phenols is 1. The summed E-state index contributed by atoms with van der Waals surface area (Å²) in [6.07, 6.45) is -0.197. The number of carbonyl (C=O) groups is 1. The SMILES string of the molecule is CC1C(c2ccc(O)cc2)OC(=O)N1CCC1(C)Oc2ccccc2O1. The van der Waals surface area contributed by atoms with Crippen molar-refractivity contribution >= 4 is 6.09 Å². The van der Waals surface area contributed by atoms with Crippen molar-refractivity contribution in [2.75, 3.05) is 6.54 Å². The van der Waals surface area contributed by atoms with Crippen LogP contribution in [0.2, 0.25) is 0 Å². The first-order valence-electron chi connectivity index (χ1n) is 8.68. The van der Waals surface area contributed by atoms with Crippen LogP contribution in [0.25, 0.3) is 0 Å². The summed E-state index contributed by atoms with van der Waals surface area (Å²) in [5, 5.41) is 9.43. The van der Waals surface area contributed by atoms with Gasteiger partial charge >= 0.3 is 6.09 Å².